The summed E-state index contributed by atoms with van der Waals surface area (Å²) in [7, 11) is 0. The van der Waals surface area contributed by atoms with E-state index in [0.29, 0.717) is 26.5 Å². The van der Waals surface area contributed by atoms with Gasteiger partial charge in [-0.05, 0) is 51.8 Å². The summed E-state index contributed by atoms with van der Waals surface area (Å²) < 4.78 is 80.3. The number of rotatable bonds is 4. The highest BCUT2D eigenvalue weighted by Gasteiger charge is 2.37. The van der Waals surface area contributed by atoms with E-state index in [1.54, 1.807) is 11.4 Å². The average molecular weight is 514 g/mol. The Hall–Kier alpha value is -2.16. The first-order valence-electron chi connectivity index (χ1n) is 7.97. The second-order valence-electron chi connectivity index (χ2n) is 5.84. The van der Waals surface area contributed by atoms with Gasteiger partial charge in [-0.2, -0.15) is 31.0 Å². The molecule has 0 saturated carbocycles. The van der Waals surface area contributed by atoms with Gasteiger partial charge in [-0.25, -0.2) is 4.98 Å². The molecule has 3 heterocycles. The first kappa shape index (κ1) is 22.0. The van der Waals surface area contributed by atoms with Crippen molar-refractivity contribution in [2.45, 2.75) is 21.8 Å². The lowest BCUT2D eigenvalue weighted by Crippen LogP contribution is -2.11. The summed E-state index contributed by atoms with van der Waals surface area (Å²) in [6, 6.07) is 3.00. The molecule has 0 saturated heterocycles. The number of thiazole rings is 1. The van der Waals surface area contributed by atoms with Crippen molar-refractivity contribution < 1.29 is 26.3 Å². The van der Waals surface area contributed by atoms with Crippen LogP contribution in [-0.4, -0.2) is 25.2 Å². The number of nitrogens with zero attached hydrogens (tertiary/aromatic N) is 5. The lowest BCUT2D eigenvalue weighted by atomic mass is 10.0. The zero-order valence-electron chi connectivity index (χ0n) is 14.6. The van der Waals surface area contributed by atoms with Crippen LogP contribution in [0.5, 0.6) is 0 Å². The number of benzene rings is 1. The molecule has 5 nitrogen and oxygen atoms in total. The molecule has 0 aliphatic carbocycles. The molecule has 162 valence electrons. The van der Waals surface area contributed by atoms with E-state index < -0.39 is 23.5 Å². The molecule has 4 rings (SSSR count). The Bertz CT molecular complexity index is 1200. The first-order valence-corrected chi connectivity index (χ1v) is 10.9. The van der Waals surface area contributed by atoms with E-state index in [1.807, 2.05) is 0 Å². The normalized spacial score (nSPS) is 12.5. The molecule has 1 aromatic carbocycles. The number of thiophene rings is 1. The highest BCUT2D eigenvalue weighted by molar-refractivity contribution is 8.00. The molecule has 0 radical (unpaired) electrons. The largest absolute Gasteiger partial charge is 0.416 e. The van der Waals surface area contributed by atoms with Crippen molar-refractivity contribution >= 4 is 46.0 Å². The van der Waals surface area contributed by atoms with Crippen molar-refractivity contribution in [2.24, 2.45) is 0 Å². The van der Waals surface area contributed by atoms with Crippen LogP contribution in [0.3, 0.4) is 0 Å². The molecule has 0 N–H and O–H groups in total. The van der Waals surface area contributed by atoms with Crippen LogP contribution < -0.4 is 0 Å². The summed E-state index contributed by atoms with van der Waals surface area (Å²) in [5.74, 6) is 0. The van der Waals surface area contributed by atoms with Crippen molar-refractivity contribution in [3.8, 4) is 16.3 Å². The second kappa shape index (κ2) is 8.07. The van der Waals surface area contributed by atoms with E-state index in [1.165, 1.54) is 21.4 Å². The Morgan fingerprint density at radius 1 is 0.968 bits per heavy atom. The maximum absolute atomic E-state index is 13.1. The lowest BCUT2D eigenvalue weighted by Gasteiger charge is -2.13. The maximum atomic E-state index is 13.1. The zero-order valence-corrected chi connectivity index (χ0v) is 17.8. The summed E-state index contributed by atoms with van der Waals surface area (Å²) in [6.07, 6.45) is -9.88. The van der Waals surface area contributed by atoms with Crippen LogP contribution in [0.4, 0.5) is 26.3 Å². The van der Waals surface area contributed by atoms with E-state index in [2.05, 4.69) is 20.5 Å². The number of tetrazole rings is 1. The molecule has 0 amide bonds. The van der Waals surface area contributed by atoms with Crippen molar-refractivity contribution in [2.75, 3.05) is 0 Å². The van der Waals surface area contributed by atoms with E-state index in [9.17, 15) is 26.3 Å². The monoisotopic (exact) mass is 513 g/mol. The minimum Gasteiger partial charge on any atom is -0.229 e. The van der Waals surface area contributed by atoms with Gasteiger partial charge in [0, 0.05) is 10.9 Å². The molecular weight excluding hydrogens is 508 g/mol. The zero-order chi connectivity index (χ0) is 22.4. The van der Waals surface area contributed by atoms with Crippen LogP contribution >= 0.6 is 46.0 Å². The van der Waals surface area contributed by atoms with Gasteiger partial charge in [-0.1, -0.05) is 11.6 Å². The summed E-state index contributed by atoms with van der Waals surface area (Å²) in [5.41, 5.74) is -3.14. The molecule has 0 bridgehead atoms. The molecule has 15 heteroatoms. The highest BCUT2D eigenvalue weighted by Crippen LogP contribution is 2.40. The Morgan fingerprint density at radius 3 is 2.23 bits per heavy atom. The van der Waals surface area contributed by atoms with Crippen LogP contribution in [0.15, 0.2) is 44.5 Å². The fraction of sp³-hybridized carbons (Fsp3) is 0.125. The Labute approximate surface area is 186 Å². The summed E-state index contributed by atoms with van der Waals surface area (Å²) in [4.78, 5) is 4.15. The van der Waals surface area contributed by atoms with Crippen LogP contribution in [0, 0.1) is 0 Å². The Morgan fingerprint density at radius 2 is 1.65 bits per heavy atom. The summed E-state index contributed by atoms with van der Waals surface area (Å²) >= 11 is 9.40. The van der Waals surface area contributed by atoms with Gasteiger partial charge < -0.3 is 0 Å². The van der Waals surface area contributed by atoms with Crippen molar-refractivity contribution in [1.29, 1.82) is 0 Å². The van der Waals surface area contributed by atoms with E-state index in [4.69, 9.17) is 11.6 Å². The SMILES string of the molecule is FC(F)(F)c1cc(-c2csc(Sc3nnnn3-c3sccc3Cl)n2)cc(C(F)(F)F)c1. The maximum Gasteiger partial charge on any atom is 0.416 e. The third-order valence-electron chi connectivity index (χ3n) is 3.78. The van der Waals surface area contributed by atoms with Gasteiger partial charge in [-0.3, -0.25) is 0 Å². The van der Waals surface area contributed by atoms with E-state index in [-0.39, 0.29) is 22.5 Å². The van der Waals surface area contributed by atoms with Crippen LogP contribution in [-0.2, 0) is 12.4 Å². The van der Waals surface area contributed by atoms with Crippen LogP contribution in [0.25, 0.3) is 16.3 Å². The minimum atomic E-state index is -4.94. The smallest absolute Gasteiger partial charge is 0.229 e. The molecule has 3 aromatic heterocycles. The predicted molar refractivity (Wildman–Crippen MR) is 104 cm³/mol. The number of halogens is 7. The molecule has 31 heavy (non-hydrogen) atoms. The van der Waals surface area contributed by atoms with Gasteiger partial charge in [0.05, 0.1) is 21.8 Å². The van der Waals surface area contributed by atoms with Crippen molar-refractivity contribution in [1.82, 2.24) is 25.2 Å². The number of hydrogen-bond donors (Lipinski definition) is 0. The van der Waals surface area contributed by atoms with Gasteiger partial charge >= 0.3 is 12.4 Å². The minimum absolute atomic E-state index is 0.0303. The fourth-order valence-electron chi connectivity index (χ4n) is 2.42. The molecule has 4 aromatic rings. The molecule has 0 unspecified atom stereocenters. The summed E-state index contributed by atoms with van der Waals surface area (Å²) in [5, 5.41) is 15.6. The standard InChI is InChI=1S/C16H6ClF6N5S3/c17-10-1-2-29-12(10)28-13(25-26-27-28)31-14-24-11(6-30-14)7-3-8(15(18,19)20)5-9(4-7)16(21,22)23/h1-6H. The summed E-state index contributed by atoms with van der Waals surface area (Å²) in [6.45, 7) is 0. The van der Waals surface area contributed by atoms with Gasteiger partial charge in [0.15, 0.2) is 4.34 Å². The third-order valence-corrected chi connectivity index (χ3v) is 6.96. The topological polar surface area (TPSA) is 56.5 Å². The van der Waals surface area contributed by atoms with Crippen LogP contribution in [0.1, 0.15) is 11.1 Å². The van der Waals surface area contributed by atoms with Gasteiger partial charge in [-0.15, -0.1) is 27.8 Å². The Kier molecular flexibility index (Phi) is 5.74. The molecule has 0 aliphatic heterocycles. The van der Waals surface area contributed by atoms with Crippen LogP contribution in [0.2, 0.25) is 5.02 Å². The molecule has 0 aliphatic rings. The highest BCUT2D eigenvalue weighted by atomic mass is 35.5. The van der Waals surface area contributed by atoms with Gasteiger partial charge in [0.25, 0.3) is 0 Å². The quantitative estimate of drug-likeness (QED) is 0.285. The third kappa shape index (κ3) is 4.71. The Balaban J connectivity index is 1.68. The molecular formula is C16H6ClF6N5S3. The molecule has 0 spiro atoms. The lowest BCUT2D eigenvalue weighted by molar-refractivity contribution is -0.143. The van der Waals surface area contributed by atoms with Crippen molar-refractivity contribution in [3.63, 3.8) is 0 Å². The van der Waals surface area contributed by atoms with Gasteiger partial charge in [0.1, 0.15) is 5.00 Å². The van der Waals surface area contributed by atoms with Crippen molar-refractivity contribution in [3.05, 3.63) is 51.2 Å². The van der Waals surface area contributed by atoms with E-state index >= 15 is 0 Å². The fourth-order valence-corrected chi connectivity index (χ4v) is 5.27. The molecule has 0 fully saturated rings. The number of hydrogen-bond acceptors (Lipinski definition) is 7. The van der Waals surface area contributed by atoms with E-state index in [0.717, 1.165) is 23.1 Å². The number of aromatic nitrogens is 5. The van der Waals surface area contributed by atoms with Gasteiger partial charge in [0.2, 0.25) is 5.16 Å². The molecule has 0 atom stereocenters. The average Bonchev–Trinajstić information content (AvgIpc) is 3.41. The first-order chi connectivity index (χ1) is 14.5. The predicted octanol–water partition coefficient (Wildman–Crippen LogP) is 6.69. The second-order valence-corrected chi connectivity index (χ2v) is 9.22. The number of alkyl halides is 6.